The van der Waals surface area contributed by atoms with E-state index < -0.39 is 28.9 Å². The maximum atomic E-state index is 12.4. The van der Waals surface area contributed by atoms with E-state index in [-0.39, 0.29) is 12.2 Å². The molecule has 1 aromatic rings. The lowest BCUT2D eigenvalue weighted by Gasteiger charge is -2.19. The van der Waals surface area contributed by atoms with Crippen LogP contribution in [0.4, 0.5) is 0 Å². The van der Waals surface area contributed by atoms with Gasteiger partial charge in [-0.15, -0.1) is 5.92 Å². The Morgan fingerprint density at radius 1 is 1.23 bits per heavy atom. The Morgan fingerprint density at radius 2 is 1.91 bits per heavy atom. The van der Waals surface area contributed by atoms with Gasteiger partial charge in [0, 0.05) is 20.3 Å². The van der Waals surface area contributed by atoms with E-state index >= 15 is 0 Å². The Balaban J connectivity index is 2.64. The maximum Gasteiger partial charge on any atom is 0.348 e. The molecule has 2 heterocycles. The number of ketones is 1. The molecule has 0 saturated heterocycles. The van der Waals surface area contributed by atoms with Crippen LogP contribution in [0.3, 0.4) is 0 Å². The molecule has 114 valence electrons. The van der Waals surface area contributed by atoms with Gasteiger partial charge in [-0.1, -0.05) is 5.92 Å². The van der Waals surface area contributed by atoms with Crippen molar-refractivity contribution in [3.05, 3.63) is 26.5 Å². The molecule has 1 aromatic heterocycles. The average Bonchev–Trinajstić information content (AvgIpc) is 2.49. The number of carbonyl (C=O) groups excluding carboxylic acids is 2. The van der Waals surface area contributed by atoms with Crippen molar-refractivity contribution in [3.8, 4) is 11.8 Å². The van der Waals surface area contributed by atoms with E-state index in [4.69, 9.17) is 0 Å². The molecule has 1 aliphatic rings. The minimum atomic E-state index is -1.20. The summed E-state index contributed by atoms with van der Waals surface area (Å²) in [7, 11) is 2.68. The predicted octanol–water partition coefficient (Wildman–Crippen LogP) is -1.92. The first kappa shape index (κ1) is 15.4. The largest absolute Gasteiger partial charge is 0.348 e. The standard InChI is InChI=1S/C13H13N5O4/c1-4-5-6-18-11(20)9(15-17(3)13(18)22)8-7-14-16(2)12(21)10(8)19/h7-8H,6H2,1-3H3. The Morgan fingerprint density at radius 3 is 2.55 bits per heavy atom. The van der Waals surface area contributed by atoms with Crippen LogP contribution in [0, 0.1) is 11.8 Å². The third kappa shape index (κ3) is 2.46. The number of hydrogen-bond donors (Lipinski definition) is 0. The van der Waals surface area contributed by atoms with Crippen LogP contribution in [0.2, 0.25) is 0 Å². The van der Waals surface area contributed by atoms with Gasteiger partial charge in [0.1, 0.15) is 11.6 Å². The minimum absolute atomic E-state index is 0.122. The molecule has 2 rings (SSSR count). The Bertz CT molecular complexity index is 852. The Hall–Kier alpha value is -3.02. The molecule has 0 saturated carbocycles. The number of Topliss-reactive ketones (excluding diaryl/α,β-unsaturated/α-hetero) is 1. The highest BCUT2D eigenvalue weighted by atomic mass is 16.2. The number of hydrazone groups is 1. The first-order valence-electron chi connectivity index (χ1n) is 6.32. The van der Waals surface area contributed by atoms with E-state index in [1.54, 1.807) is 6.92 Å². The summed E-state index contributed by atoms with van der Waals surface area (Å²) in [5, 5.41) is 8.43. The van der Waals surface area contributed by atoms with Crippen molar-refractivity contribution >= 4 is 17.9 Å². The summed E-state index contributed by atoms with van der Waals surface area (Å²) < 4.78 is 1.79. The van der Waals surface area contributed by atoms with Crippen molar-refractivity contribution in [2.24, 2.45) is 12.1 Å². The Labute approximate surface area is 124 Å². The van der Waals surface area contributed by atoms with Gasteiger partial charge in [0.2, 0.25) is 5.78 Å². The molecule has 1 atom stereocenters. The number of nitrogens with zero attached hydrogens (tertiary/aromatic N) is 5. The number of likely N-dealkylation sites (N-methyl/N-ethyl adjacent to an activating group) is 1. The quantitative estimate of drug-likeness (QED) is 0.467. The van der Waals surface area contributed by atoms with Crippen LogP contribution in [0.1, 0.15) is 18.5 Å². The van der Waals surface area contributed by atoms with Gasteiger partial charge in [-0.2, -0.15) is 10.2 Å². The SMILES string of the molecule is CC#CCn1c(=O)c(C2C=NN(C)C(=O)C2=O)nn(C)c1=O. The fourth-order valence-electron chi connectivity index (χ4n) is 1.91. The number of hydrogen-bond acceptors (Lipinski definition) is 6. The normalized spacial score (nSPS) is 17.4. The molecule has 1 amide bonds. The van der Waals surface area contributed by atoms with E-state index in [1.165, 1.54) is 14.1 Å². The fraction of sp³-hybridized carbons (Fsp3) is 0.385. The minimum Gasteiger partial charge on any atom is -0.287 e. The van der Waals surface area contributed by atoms with Crippen LogP contribution < -0.4 is 11.2 Å². The van der Waals surface area contributed by atoms with Gasteiger partial charge in [0.05, 0.1) is 6.54 Å². The van der Waals surface area contributed by atoms with Crippen LogP contribution >= 0.6 is 0 Å². The lowest BCUT2D eigenvalue weighted by atomic mass is 10.00. The maximum absolute atomic E-state index is 12.4. The number of rotatable bonds is 2. The molecule has 0 N–H and O–H groups in total. The van der Waals surface area contributed by atoms with Crippen molar-refractivity contribution < 1.29 is 9.59 Å². The number of aromatic nitrogens is 3. The first-order chi connectivity index (χ1) is 10.4. The molecule has 22 heavy (non-hydrogen) atoms. The molecule has 0 aliphatic carbocycles. The van der Waals surface area contributed by atoms with Gasteiger partial charge in [-0.25, -0.2) is 19.1 Å². The third-order valence-electron chi connectivity index (χ3n) is 3.11. The molecule has 0 bridgehead atoms. The van der Waals surface area contributed by atoms with Crippen LogP contribution in [0.15, 0.2) is 14.7 Å². The number of aryl methyl sites for hydroxylation is 1. The van der Waals surface area contributed by atoms with Crippen LogP contribution in [0.25, 0.3) is 0 Å². The summed E-state index contributed by atoms with van der Waals surface area (Å²) >= 11 is 0. The van der Waals surface area contributed by atoms with Crippen molar-refractivity contribution in [3.63, 3.8) is 0 Å². The van der Waals surface area contributed by atoms with Gasteiger partial charge in [0.25, 0.3) is 5.56 Å². The molecule has 0 fully saturated rings. The molecule has 0 spiro atoms. The average molecular weight is 303 g/mol. The van der Waals surface area contributed by atoms with Crippen molar-refractivity contribution in [1.82, 2.24) is 19.4 Å². The van der Waals surface area contributed by atoms with E-state index in [1.807, 2.05) is 0 Å². The van der Waals surface area contributed by atoms with Gasteiger partial charge < -0.3 is 0 Å². The van der Waals surface area contributed by atoms with Crippen LogP contribution in [0.5, 0.6) is 0 Å². The second kappa shape index (κ2) is 5.77. The molecule has 9 nitrogen and oxygen atoms in total. The number of amides is 1. The monoisotopic (exact) mass is 303 g/mol. The van der Waals surface area contributed by atoms with Crippen molar-refractivity contribution in [2.45, 2.75) is 19.4 Å². The smallest absolute Gasteiger partial charge is 0.287 e. The Kier molecular flexibility index (Phi) is 4.03. The molecular formula is C13H13N5O4. The van der Waals surface area contributed by atoms with Crippen LogP contribution in [-0.4, -0.2) is 44.3 Å². The molecular weight excluding hydrogens is 290 g/mol. The molecule has 9 heteroatoms. The predicted molar refractivity (Wildman–Crippen MR) is 76.2 cm³/mol. The summed E-state index contributed by atoms with van der Waals surface area (Å²) in [6.07, 6.45) is 1.16. The zero-order chi connectivity index (χ0) is 16.4. The highest BCUT2D eigenvalue weighted by Gasteiger charge is 2.35. The second-order valence-corrected chi connectivity index (χ2v) is 4.54. The lowest BCUT2D eigenvalue weighted by molar-refractivity contribution is -0.144. The van der Waals surface area contributed by atoms with Gasteiger partial charge in [0.15, 0.2) is 0 Å². The molecule has 1 unspecified atom stereocenters. The highest BCUT2D eigenvalue weighted by molar-refractivity contribution is 6.42. The van der Waals surface area contributed by atoms with Crippen molar-refractivity contribution in [2.75, 3.05) is 7.05 Å². The van der Waals surface area contributed by atoms with E-state index in [0.717, 1.165) is 20.5 Å². The van der Waals surface area contributed by atoms with Gasteiger partial charge in [-0.05, 0) is 6.92 Å². The summed E-state index contributed by atoms with van der Waals surface area (Å²) in [6.45, 7) is 1.45. The zero-order valence-electron chi connectivity index (χ0n) is 12.2. The fourth-order valence-corrected chi connectivity index (χ4v) is 1.91. The molecule has 0 radical (unpaired) electrons. The first-order valence-corrected chi connectivity index (χ1v) is 6.32. The zero-order valence-corrected chi connectivity index (χ0v) is 12.2. The van der Waals surface area contributed by atoms with Crippen LogP contribution in [-0.2, 0) is 23.2 Å². The summed E-state index contributed by atoms with van der Waals surface area (Å²) in [5.41, 5.74) is -1.64. The summed E-state index contributed by atoms with van der Waals surface area (Å²) in [4.78, 5) is 48.0. The summed E-state index contributed by atoms with van der Waals surface area (Å²) in [5.74, 6) is 2.31. The van der Waals surface area contributed by atoms with E-state index in [9.17, 15) is 19.2 Å². The molecule has 1 aliphatic heterocycles. The molecule has 0 aromatic carbocycles. The van der Waals surface area contributed by atoms with E-state index in [0.29, 0.717) is 0 Å². The topological polar surface area (TPSA) is 107 Å². The second-order valence-electron chi connectivity index (χ2n) is 4.54. The van der Waals surface area contributed by atoms with E-state index in [2.05, 4.69) is 22.0 Å². The van der Waals surface area contributed by atoms with Crippen molar-refractivity contribution in [1.29, 1.82) is 0 Å². The lowest BCUT2D eigenvalue weighted by Crippen LogP contribution is -2.46. The summed E-state index contributed by atoms with van der Waals surface area (Å²) in [6, 6.07) is 0. The number of carbonyl (C=O) groups is 2. The van der Waals surface area contributed by atoms with Gasteiger partial charge in [-0.3, -0.25) is 14.4 Å². The van der Waals surface area contributed by atoms with Gasteiger partial charge >= 0.3 is 11.6 Å². The third-order valence-corrected chi connectivity index (χ3v) is 3.11. The highest BCUT2D eigenvalue weighted by Crippen LogP contribution is 2.13.